The Bertz CT molecular complexity index is 266. The third-order valence-corrected chi connectivity index (χ3v) is 3.24. The molecule has 0 aliphatic heterocycles. The molecule has 0 spiro atoms. The Morgan fingerprint density at radius 1 is 0.789 bits per heavy atom. The highest BCUT2D eigenvalue weighted by Crippen LogP contribution is 2.08. The molecule has 0 aromatic rings. The molecule has 110 valence electrons. The predicted molar refractivity (Wildman–Crippen MR) is 81.3 cm³/mol. The molecular formula is C17H30O2. The minimum Gasteiger partial charge on any atom is -0.299 e. The second-order valence-corrected chi connectivity index (χ2v) is 5.23. The summed E-state index contributed by atoms with van der Waals surface area (Å²) in [4.78, 5) is 22.9. The van der Waals surface area contributed by atoms with Gasteiger partial charge in [-0.15, -0.1) is 0 Å². The van der Waals surface area contributed by atoms with E-state index in [2.05, 4.69) is 13.8 Å². The molecule has 0 fully saturated rings. The molecule has 0 saturated heterocycles. The largest absolute Gasteiger partial charge is 0.299 e. The highest BCUT2D eigenvalue weighted by atomic mass is 16.1. The maximum Gasteiger partial charge on any atom is 0.155 e. The molecule has 0 amide bonds. The SMILES string of the molecule is CCCCCCCCC(=O)C/C=C/C(=O)CCCC. The first-order valence-corrected chi connectivity index (χ1v) is 7.91. The second-order valence-electron chi connectivity index (χ2n) is 5.23. The standard InChI is InChI=1S/C17H30O2/c1-3-5-7-8-9-10-13-17(19)15-11-14-16(18)12-6-4-2/h11,14H,3-10,12-13,15H2,1-2H3/b14-11+. The summed E-state index contributed by atoms with van der Waals surface area (Å²) in [5.41, 5.74) is 0. The first-order valence-electron chi connectivity index (χ1n) is 7.91. The average Bonchev–Trinajstić information content (AvgIpc) is 2.40. The summed E-state index contributed by atoms with van der Waals surface area (Å²) in [5, 5.41) is 0. The summed E-state index contributed by atoms with van der Waals surface area (Å²) >= 11 is 0. The Labute approximate surface area is 118 Å². The van der Waals surface area contributed by atoms with Crippen LogP contribution in [0, 0.1) is 0 Å². The second kappa shape index (κ2) is 13.5. The van der Waals surface area contributed by atoms with Crippen LogP contribution in [0.25, 0.3) is 0 Å². The van der Waals surface area contributed by atoms with E-state index >= 15 is 0 Å². The first kappa shape index (κ1) is 18.1. The topological polar surface area (TPSA) is 34.1 Å². The van der Waals surface area contributed by atoms with Gasteiger partial charge in [0.25, 0.3) is 0 Å². The summed E-state index contributed by atoms with van der Waals surface area (Å²) in [5.74, 6) is 0.407. The van der Waals surface area contributed by atoms with Gasteiger partial charge in [-0.05, 0) is 18.9 Å². The molecule has 2 heteroatoms. The van der Waals surface area contributed by atoms with E-state index in [0.29, 0.717) is 19.3 Å². The summed E-state index contributed by atoms with van der Waals surface area (Å²) < 4.78 is 0. The fourth-order valence-electron chi connectivity index (χ4n) is 1.96. The molecule has 0 rings (SSSR count). The van der Waals surface area contributed by atoms with Crippen LogP contribution in [-0.4, -0.2) is 11.6 Å². The number of hydrogen-bond donors (Lipinski definition) is 0. The summed E-state index contributed by atoms with van der Waals surface area (Å²) in [6, 6.07) is 0. The van der Waals surface area contributed by atoms with Crippen LogP contribution in [0.1, 0.15) is 84.5 Å². The monoisotopic (exact) mass is 266 g/mol. The fraction of sp³-hybridized carbons (Fsp3) is 0.765. The van der Waals surface area contributed by atoms with Gasteiger partial charge in [0, 0.05) is 19.3 Å². The van der Waals surface area contributed by atoms with Gasteiger partial charge in [0.1, 0.15) is 5.78 Å². The van der Waals surface area contributed by atoms with Gasteiger partial charge >= 0.3 is 0 Å². The molecule has 19 heavy (non-hydrogen) atoms. The van der Waals surface area contributed by atoms with Crippen LogP contribution in [0.5, 0.6) is 0 Å². The molecule has 0 aromatic heterocycles. The lowest BCUT2D eigenvalue weighted by Gasteiger charge is -1.99. The third-order valence-electron chi connectivity index (χ3n) is 3.24. The number of hydrogen-bond acceptors (Lipinski definition) is 2. The van der Waals surface area contributed by atoms with Crippen LogP contribution in [0.2, 0.25) is 0 Å². The van der Waals surface area contributed by atoms with E-state index in [1.807, 2.05) is 0 Å². The average molecular weight is 266 g/mol. The number of unbranched alkanes of at least 4 members (excludes halogenated alkanes) is 6. The van der Waals surface area contributed by atoms with Crippen molar-refractivity contribution in [2.24, 2.45) is 0 Å². The minimum atomic E-state index is 0.147. The molecule has 0 saturated carbocycles. The Kier molecular flexibility index (Phi) is 12.9. The van der Waals surface area contributed by atoms with E-state index in [-0.39, 0.29) is 11.6 Å². The van der Waals surface area contributed by atoms with E-state index in [9.17, 15) is 9.59 Å². The molecule has 0 heterocycles. The summed E-state index contributed by atoms with van der Waals surface area (Å²) in [6.07, 6.45) is 14.2. The van der Waals surface area contributed by atoms with E-state index in [1.54, 1.807) is 12.2 Å². The van der Waals surface area contributed by atoms with Gasteiger partial charge < -0.3 is 0 Å². The van der Waals surface area contributed by atoms with Crippen LogP contribution >= 0.6 is 0 Å². The van der Waals surface area contributed by atoms with Crippen LogP contribution in [0.4, 0.5) is 0 Å². The lowest BCUT2D eigenvalue weighted by molar-refractivity contribution is -0.118. The van der Waals surface area contributed by atoms with Crippen molar-refractivity contribution in [1.82, 2.24) is 0 Å². The van der Waals surface area contributed by atoms with Crippen LogP contribution in [-0.2, 0) is 9.59 Å². The predicted octanol–water partition coefficient (Wildman–Crippen LogP) is 5.01. The Hall–Kier alpha value is -0.920. The van der Waals surface area contributed by atoms with Gasteiger partial charge in [-0.1, -0.05) is 58.4 Å². The van der Waals surface area contributed by atoms with Crippen molar-refractivity contribution in [2.45, 2.75) is 84.5 Å². The minimum absolute atomic E-state index is 0.147. The molecule has 0 N–H and O–H groups in total. The lowest BCUT2D eigenvalue weighted by Crippen LogP contribution is -1.97. The molecule has 0 bridgehead atoms. The molecule has 0 aliphatic carbocycles. The Morgan fingerprint density at radius 2 is 1.42 bits per heavy atom. The lowest BCUT2D eigenvalue weighted by atomic mass is 10.1. The normalized spacial score (nSPS) is 11.1. The maximum absolute atomic E-state index is 11.6. The number of carbonyl (C=O) groups is 2. The van der Waals surface area contributed by atoms with Gasteiger partial charge in [-0.3, -0.25) is 9.59 Å². The van der Waals surface area contributed by atoms with Crippen LogP contribution < -0.4 is 0 Å². The van der Waals surface area contributed by atoms with Gasteiger partial charge in [-0.25, -0.2) is 0 Å². The number of ketones is 2. The molecule has 0 radical (unpaired) electrons. The van der Waals surface area contributed by atoms with Gasteiger partial charge in [-0.2, -0.15) is 0 Å². The van der Waals surface area contributed by atoms with Gasteiger partial charge in [0.15, 0.2) is 5.78 Å². The zero-order valence-corrected chi connectivity index (χ0v) is 12.7. The van der Waals surface area contributed by atoms with E-state index < -0.39 is 0 Å². The van der Waals surface area contributed by atoms with Crippen LogP contribution in [0.3, 0.4) is 0 Å². The highest BCUT2D eigenvalue weighted by molar-refractivity contribution is 5.90. The Balaban J connectivity index is 3.48. The first-order chi connectivity index (χ1) is 9.20. The van der Waals surface area contributed by atoms with E-state index in [1.165, 1.54) is 25.7 Å². The van der Waals surface area contributed by atoms with Crippen molar-refractivity contribution in [3.8, 4) is 0 Å². The highest BCUT2D eigenvalue weighted by Gasteiger charge is 2.00. The summed E-state index contributed by atoms with van der Waals surface area (Å²) in [6.45, 7) is 4.28. The van der Waals surface area contributed by atoms with Crippen LogP contribution in [0.15, 0.2) is 12.2 Å². The van der Waals surface area contributed by atoms with Crippen molar-refractivity contribution >= 4 is 11.6 Å². The zero-order chi connectivity index (χ0) is 14.3. The van der Waals surface area contributed by atoms with E-state index in [0.717, 1.165) is 25.7 Å². The van der Waals surface area contributed by atoms with Crippen molar-refractivity contribution in [3.05, 3.63) is 12.2 Å². The molecular weight excluding hydrogens is 236 g/mol. The van der Waals surface area contributed by atoms with Crippen molar-refractivity contribution in [3.63, 3.8) is 0 Å². The number of allylic oxidation sites excluding steroid dienone is 2. The molecule has 0 unspecified atom stereocenters. The zero-order valence-electron chi connectivity index (χ0n) is 12.7. The van der Waals surface area contributed by atoms with Crippen molar-refractivity contribution in [1.29, 1.82) is 0 Å². The molecule has 0 aromatic carbocycles. The van der Waals surface area contributed by atoms with E-state index in [4.69, 9.17) is 0 Å². The molecule has 0 atom stereocenters. The van der Waals surface area contributed by atoms with Crippen molar-refractivity contribution in [2.75, 3.05) is 0 Å². The number of carbonyl (C=O) groups excluding carboxylic acids is 2. The number of Topliss-reactive ketones (excluding diaryl/α,β-unsaturated/α-hetero) is 1. The quantitative estimate of drug-likeness (QED) is 0.347. The smallest absolute Gasteiger partial charge is 0.155 e. The summed E-state index contributed by atoms with van der Waals surface area (Å²) in [7, 11) is 0. The molecule has 0 aliphatic rings. The fourth-order valence-corrected chi connectivity index (χ4v) is 1.96. The number of rotatable bonds is 13. The van der Waals surface area contributed by atoms with Crippen molar-refractivity contribution < 1.29 is 9.59 Å². The van der Waals surface area contributed by atoms with Gasteiger partial charge in [0.05, 0.1) is 0 Å². The third kappa shape index (κ3) is 13.3. The van der Waals surface area contributed by atoms with Gasteiger partial charge in [0.2, 0.25) is 0 Å². The Morgan fingerprint density at radius 3 is 2.11 bits per heavy atom. The maximum atomic E-state index is 11.6. The molecule has 2 nitrogen and oxygen atoms in total.